The number of hydrogen-bond acceptors (Lipinski definition) is 3. The van der Waals surface area contributed by atoms with Crippen LogP contribution in [0.2, 0.25) is 0 Å². The molecule has 1 aromatic carbocycles. The molecule has 2 aliphatic rings. The summed E-state index contributed by atoms with van der Waals surface area (Å²) >= 11 is 0. The number of imide groups is 1. The smallest absolute Gasteiger partial charge is 0.325 e. The van der Waals surface area contributed by atoms with E-state index in [-0.39, 0.29) is 11.9 Å². The van der Waals surface area contributed by atoms with Gasteiger partial charge in [0.1, 0.15) is 6.04 Å². The van der Waals surface area contributed by atoms with E-state index in [1.807, 2.05) is 18.2 Å². The first kappa shape index (κ1) is 12.1. The number of nitrogens with one attached hydrogen (secondary N) is 1. The zero-order chi connectivity index (χ0) is 14.4. The van der Waals surface area contributed by atoms with E-state index in [1.165, 1.54) is 5.56 Å². The van der Waals surface area contributed by atoms with Crippen LogP contribution in [0.3, 0.4) is 0 Å². The fraction of sp³-hybridized carbons (Fsp3) is 0.267. The zero-order valence-electron chi connectivity index (χ0n) is 11.3. The highest BCUT2D eigenvalue weighted by atomic mass is 16.2. The molecule has 0 unspecified atom stereocenters. The summed E-state index contributed by atoms with van der Waals surface area (Å²) in [6.07, 6.45) is 2.29. The van der Waals surface area contributed by atoms with E-state index in [0.29, 0.717) is 13.0 Å². The fourth-order valence-electron chi connectivity index (χ4n) is 2.99. The second-order valence-electron chi connectivity index (χ2n) is 5.39. The summed E-state index contributed by atoms with van der Waals surface area (Å²) in [5.74, 6) is -0.219. The Hall–Kier alpha value is -2.63. The molecular weight excluding hydrogens is 268 g/mol. The minimum absolute atomic E-state index is 0.219. The first-order valence-corrected chi connectivity index (χ1v) is 6.90. The molecule has 1 fully saturated rings. The Morgan fingerprint density at radius 3 is 2.86 bits per heavy atom. The van der Waals surface area contributed by atoms with Gasteiger partial charge in [-0.2, -0.15) is 0 Å². The lowest BCUT2D eigenvalue weighted by atomic mass is 10.0. The maximum atomic E-state index is 11.8. The summed E-state index contributed by atoms with van der Waals surface area (Å²) in [4.78, 5) is 29.5. The van der Waals surface area contributed by atoms with Crippen molar-refractivity contribution in [3.05, 3.63) is 53.6 Å². The summed E-state index contributed by atoms with van der Waals surface area (Å²) in [5.41, 5.74) is 3.11. The molecule has 4 rings (SSSR count). The molecule has 0 spiro atoms. The van der Waals surface area contributed by atoms with Gasteiger partial charge in [0, 0.05) is 13.0 Å². The number of aromatic nitrogens is 2. The van der Waals surface area contributed by atoms with Crippen molar-refractivity contribution in [1.82, 2.24) is 19.8 Å². The average Bonchev–Trinajstić information content (AvgIpc) is 3.01. The van der Waals surface area contributed by atoms with Crippen LogP contribution in [0.5, 0.6) is 0 Å². The number of imidazole rings is 1. The summed E-state index contributed by atoms with van der Waals surface area (Å²) in [6, 6.07) is 9.40. The normalized spacial score (nSPS) is 20.2. The highest BCUT2D eigenvalue weighted by Gasteiger charge is 2.42. The number of urea groups is 1. The van der Waals surface area contributed by atoms with Gasteiger partial charge < -0.3 is 9.47 Å². The van der Waals surface area contributed by atoms with Crippen LogP contribution < -0.4 is 5.32 Å². The van der Waals surface area contributed by atoms with Crippen LogP contribution in [-0.4, -0.2) is 32.4 Å². The second kappa shape index (κ2) is 4.44. The van der Waals surface area contributed by atoms with E-state index < -0.39 is 6.04 Å². The molecule has 0 bridgehead atoms. The number of hydrogen-bond donors (Lipinski definition) is 1. The SMILES string of the molecule is O=C1NC(=O)N2Cc3c(ncn3Cc3ccccc3)C[C@@H]12. The zero-order valence-corrected chi connectivity index (χ0v) is 11.3. The van der Waals surface area contributed by atoms with Gasteiger partial charge in [-0.25, -0.2) is 9.78 Å². The lowest BCUT2D eigenvalue weighted by molar-refractivity contribution is -0.121. The van der Waals surface area contributed by atoms with E-state index in [9.17, 15) is 9.59 Å². The quantitative estimate of drug-likeness (QED) is 0.832. The number of amides is 3. The maximum absolute atomic E-state index is 11.8. The Kier molecular flexibility index (Phi) is 2.57. The molecule has 2 aliphatic heterocycles. The van der Waals surface area contributed by atoms with Crippen molar-refractivity contribution in [1.29, 1.82) is 0 Å². The van der Waals surface area contributed by atoms with Gasteiger partial charge in [0.05, 0.1) is 24.3 Å². The number of carbonyl (C=O) groups is 2. The largest absolute Gasteiger partial charge is 0.328 e. The van der Waals surface area contributed by atoms with Gasteiger partial charge in [0.15, 0.2) is 0 Å². The van der Waals surface area contributed by atoms with Crippen LogP contribution in [0, 0.1) is 0 Å². The van der Waals surface area contributed by atoms with Crippen molar-refractivity contribution in [3.8, 4) is 0 Å². The summed E-state index contributed by atoms with van der Waals surface area (Å²) in [5, 5.41) is 2.36. The van der Waals surface area contributed by atoms with Crippen LogP contribution in [0.15, 0.2) is 36.7 Å². The Morgan fingerprint density at radius 2 is 2.05 bits per heavy atom. The van der Waals surface area contributed by atoms with Crippen LogP contribution in [0.1, 0.15) is 17.0 Å². The third-order valence-electron chi connectivity index (χ3n) is 4.11. The molecule has 6 heteroatoms. The molecule has 0 aliphatic carbocycles. The Labute approximate surface area is 121 Å². The van der Waals surface area contributed by atoms with E-state index in [0.717, 1.165) is 17.9 Å². The summed E-state index contributed by atoms with van der Waals surface area (Å²) < 4.78 is 2.05. The highest BCUT2D eigenvalue weighted by molar-refractivity contribution is 6.04. The Bertz CT molecular complexity index is 723. The van der Waals surface area contributed by atoms with Crippen molar-refractivity contribution in [2.24, 2.45) is 0 Å². The number of carbonyl (C=O) groups excluding carboxylic acids is 2. The lowest BCUT2D eigenvalue weighted by Crippen LogP contribution is -2.40. The van der Waals surface area contributed by atoms with Crippen molar-refractivity contribution in [2.45, 2.75) is 25.6 Å². The van der Waals surface area contributed by atoms with E-state index in [1.54, 1.807) is 11.2 Å². The molecular formula is C15H14N4O2. The monoisotopic (exact) mass is 282 g/mol. The second-order valence-corrected chi connectivity index (χ2v) is 5.39. The molecule has 21 heavy (non-hydrogen) atoms. The molecule has 0 radical (unpaired) electrons. The van der Waals surface area contributed by atoms with Crippen LogP contribution >= 0.6 is 0 Å². The molecule has 1 atom stereocenters. The lowest BCUT2D eigenvalue weighted by Gasteiger charge is -2.27. The average molecular weight is 282 g/mol. The van der Waals surface area contributed by atoms with Gasteiger partial charge in [0.25, 0.3) is 5.91 Å². The topological polar surface area (TPSA) is 67.2 Å². The predicted molar refractivity (Wildman–Crippen MR) is 74.3 cm³/mol. The molecule has 6 nitrogen and oxygen atoms in total. The molecule has 106 valence electrons. The fourth-order valence-corrected chi connectivity index (χ4v) is 2.99. The summed E-state index contributed by atoms with van der Waals surface area (Å²) in [6.45, 7) is 1.15. The predicted octanol–water partition coefficient (Wildman–Crippen LogP) is 0.908. The van der Waals surface area contributed by atoms with Crippen LogP contribution in [-0.2, 0) is 24.3 Å². The third kappa shape index (κ3) is 1.91. The van der Waals surface area contributed by atoms with Gasteiger partial charge >= 0.3 is 6.03 Å². The van der Waals surface area contributed by atoms with Gasteiger partial charge in [-0.1, -0.05) is 30.3 Å². The molecule has 1 aromatic heterocycles. The highest BCUT2D eigenvalue weighted by Crippen LogP contribution is 2.26. The van der Waals surface area contributed by atoms with E-state index in [2.05, 4.69) is 27.0 Å². The molecule has 0 saturated carbocycles. The van der Waals surface area contributed by atoms with Crippen molar-refractivity contribution in [2.75, 3.05) is 0 Å². The third-order valence-corrected chi connectivity index (χ3v) is 4.11. The van der Waals surface area contributed by atoms with Gasteiger partial charge in [-0.05, 0) is 5.56 Å². The molecule has 1 N–H and O–H groups in total. The van der Waals surface area contributed by atoms with E-state index in [4.69, 9.17) is 0 Å². The number of benzene rings is 1. The summed E-state index contributed by atoms with van der Waals surface area (Å²) in [7, 11) is 0. The van der Waals surface area contributed by atoms with Crippen LogP contribution in [0.25, 0.3) is 0 Å². The van der Waals surface area contributed by atoms with Crippen molar-refractivity contribution >= 4 is 11.9 Å². The standard InChI is InChI=1S/C15H14N4O2/c20-14-12-6-11-13(8-19(12)15(21)17-14)18(9-16-11)7-10-4-2-1-3-5-10/h1-5,9,12H,6-8H2,(H,17,20,21)/t12-/m0/s1. The molecule has 3 heterocycles. The van der Waals surface area contributed by atoms with E-state index >= 15 is 0 Å². The molecule has 3 amide bonds. The minimum atomic E-state index is -0.398. The minimum Gasteiger partial charge on any atom is -0.328 e. The molecule has 1 saturated heterocycles. The first-order valence-electron chi connectivity index (χ1n) is 6.90. The Balaban J connectivity index is 1.65. The maximum Gasteiger partial charge on any atom is 0.325 e. The van der Waals surface area contributed by atoms with Gasteiger partial charge in [0.2, 0.25) is 0 Å². The Morgan fingerprint density at radius 1 is 1.24 bits per heavy atom. The number of nitrogens with zero attached hydrogens (tertiary/aromatic N) is 3. The number of fused-ring (bicyclic) bond motifs is 2. The van der Waals surface area contributed by atoms with Crippen LogP contribution in [0.4, 0.5) is 4.79 Å². The van der Waals surface area contributed by atoms with Gasteiger partial charge in [-0.3, -0.25) is 10.1 Å². The number of rotatable bonds is 2. The van der Waals surface area contributed by atoms with Crippen molar-refractivity contribution < 1.29 is 9.59 Å². The van der Waals surface area contributed by atoms with Gasteiger partial charge in [-0.15, -0.1) is 0 Å². The van der Waals surface area contributed by atoms with Crippen molar-refractivity contribution in [3.63, 3.8) is 0 Å². The molecule has 2 aromatic rings. The first-order chi connectivity index (χ1) is 10.2.